The van der Waals surface area contributed by atoms with Gasteiger partial charge in [0.25, 0.3) is 0 Å². The number of para-hydroxylation sites is 1. The third-order valence-electron chi connectivity index (χ3n) is 10.5. The minimum absolute atomic E-state index is 0.732. The molecule has 292 valence electrons. The predicted octanol–water partition coefficient (Wildman–Crippen LogP) is 16.6. The Morgan fingerprint density at radius 2 is 1.16 bits per heavy atom. The van der Waals surface area contributed by atoms with E-state index in [1.54, 1.807) is 0 Å². The number of hydrogen-bond acceptors (Lipinski definition) is 0. The van der Waals surface area contributed by atoms with Crippen LogP contribution in [0.25, 0.3) is 50.3 Å². The second-order valence-corrected chi connectivity index (χ2v) is 14.5. The standard InChI is InChI=1S/C20H19N.C17H14.C10H16.C7H8.C2H6/c1-4-5-11-19-16(3)18-14-15(2)12-13-20(18)21(19)17-9-7-6-8-10-17;1-3-13-12(2)14-8-4-5-10-16(14)17-11-7-6-9-15(13)17;1-4-10-6-5-8(2)9(3)7-10;1-7-5-3-2-4-6-7;1-2/h4-14H,1H2,2-3H3;3-11H,1H2,2H3;5-9H,4H2,1-3H3;2-6H,1H3;1-2H3/b11-5-;;;;. The number of allylic oxidation sites excluding steroid dienone is 6. The largest absolute Gasteiger partial charge is 0.310 e. The van der Waals surface area contributed by atoms with Crippen LogP contribution in [0.2, 0.25) is 0 Å². The Kier molecular flexibility index (Phi) is 16.9. The minimum atomic E-state index is 0.732. The van der Waals surface area contributed by atoms with Crippen LogP contribution < -0.4 is 0 Å². The van der Waals surface area contributed by atoms with E-state index in [0.717, 1.165) is 11.8 Å². The van der Waals surface area contributed by atoms with Crippen molar-refractivity contribution in [2.75, 3.05) is 0 Å². The SMILES string of the molecule is C=C/C=C\c1c(C)c2cc(C)ccc2n1-c1ccccc1.C=Cc1c(C)c2ccccc2c2ccccc12.CC.CCC1=CC(C)C(C)C=C1.Cc1ccccc1. The Morgan fingerprint density at radius 3 is 1.70 bits per heavy atom. The van der Waals surface area contributed by atoms with Crippen molar-refractivity contribution < 1.29 is 0 Å². The maximum absolute atomic E-state index is 3.95. The molecule has 0 fully saturated rings. The van der Waals surface area contributed by atoms with Gasteiger partial charge in [0.05, 0.1) is 5.52 Å². The van der Waals surface area contributed by atoms with Crippen molar-refractivity contribution in [1.29, 1.82) is 0 Å². The highest BCUT2D eigenvalue weighted by atomic mass is 15.0. The van der Waals surface area contributed by atoms with E-state index in [9.17, 15) is 0 Å². The van der Waals surface area contributed by atoms with Crippen LogP contribution in [-0.4, -0.2) is 4.57 Å². The summed E-state index contributed by atoms with van der Waals surface area (Å²) in [7, 11) is 0. The van der Waals surface area contributed by atoms with E-state index in [4.69, 9.17) is 0 Å². The predicted molar refractivity (Wildman–Crippen MR) is 257 cm³/mol. The zero-order valence-corrected chi connectivity index (χ0v) is 35.9. The molecular weight excluding hydrogens is 687 g/mol. The summed E-state index contributed by atoms with van der Waals surface area (Å²) in [5.41, 5.74) is 11.6. The lowest BCUT2D eigenvalue weighted by atomic mass is 9.88. The Labute approximate surface area is 344 Å². The lowest BCUT2D eigenvalue weighted by molar-refractivity contribution is 0.546. The molecule has 7 aromatic rings. The molecule has 2 atom stereocenters. The maximum atomic E-state index is 3.95. The van der Waals surface area contributed by atoms with Crippen LogP contribution in [0, 0.1) is 39.5 Å². The first-order chi connectivity index (χ1) is 27.7. The molecule has 1 heteroatoms. The van der Waals surface area contributed by atoms with Crippen LogP contribution in [0.3, 0.4) is 0 Å². The summed E-state index contributed by atoms with van der Waals surface area (Å²) < 4.78 is 2.31. The number of hydrogen-bond donors (Lipinski definition) is 0. The van der Waals surface area contributed by atoms with Crippen molar-refractivity contribution in [3.63, 3.8) is 0 Å². The lowest BCUT2D eigenvalue weighted by Gasteiger charge is -2.18. The molecule has 0 aliphatic heterocycles. The van der Waals surface area contributed by atoms with Crippen molar-refractivity contribution in [3.8, 4) is 5.69 Å². The van der Waals surface area contributed by atoms with Gasteiger partial charge in [-0.15, -0.1) is 0 Å². The average molecular weight is 750 g/mol. The van der Waals surface area contributed by atoms with Gasteiger partial charge in [-0.2, -0.15) is 0 Å². The van der Waals surface area contributed by atoms with E-state index < -0.39 is 0 Å². The van der Waals surface area contributed by atoms with E-state index in [1.807, 2.05) is 56.3 Å². The summed E-state index contributed by atoms with van der Waals surface area (Å²) in [6.07, 6.45) is 16.0. The quantitative estimate of drug-likeness (QED) is 0.122. The molecule has 57 heavy (non-hydrogen) atoms. The molecule has 0 spiro atoms. The van der Waals surface area contributed by atoms with Crippen LogP contribution in [0.15, 0.2) is 177 Å². The first kappa shape index (κ1) is 43.8. The second kappa shape index (κ2) is 22.0. The van der Waals surface area contributed by atoms with Gasteiger partial charge >= 0.3 is 0 Å². The van der Waals surface area contributed by atoms with Crippen molar-refractivity contribution >= 4 is 44.6 Å². The first-order valence-electron chi connectivity index (χ1n) is 20.6. The van der Waals surface area contributed by atoms with Crippen LogP contribution in [0.5, 0.6) is 0 Å². The summed E-state index contributed by atoms with van der Waals surface area (Å²) in [6, 6.07) is 44.5. The van der Waals surface area contributed by atoms with Crippen LogP contribution in [0.1, 0.15) is 74.6 Å². The van der Waals surface area contributed by atoms with E-state index in [1.165, 1.54) is 83.6 Å². The van der Waals surface area contributed by atoms with Gasteiger partial charge in [0.1, 0.15) is 0 Å². The van der Waals surface area contributed by atoms with Crippen molar-refractivity contribution in [2.24, 2.45) is 11.8 Å². The van der Waals surface area contributed by atoms with Gasteiger partial charge in [0, 0.05) is 16.8 Å². The molecule has 0 saturated heterocycles. The molecule has 8 rings (SSSR count). The number of benzene rings is 6. The van der Waals surface area contributed by atoms with Gasteiger partial charge < -0.3 is 4.57 Å². The van der Waals surface area contributed by atoms with Gasteiger partial charge in [0.15, 0.2) is 0 Å². The smallest absolute Gasteiger partial charge is 0.0537 e. The Hall–Kier alpha value is -5.92. The highest BCUT2D eigenvalue weighted by Gasteiger charge is 2.14. The molecule has 0 N–H and O–H groups in total. The van der Waals surface area contributed by atoms with E-state index in [-0.39, 0.29) is 0 Å². The third kappa shape index (κ3) is 11.1. The first-order valence-corrected chi connectivity index (χ1v) is 20.6. The summed E-state index contributed by atoms with van der Waals surface area (Å²) >= 11 is 0. The van der Waals surface area contributed by atoms with E-state index in [0.29, 0.717) is 0 Å². The zero-order chi connectivity index (χ0) is 41.3. The van der Waals surface area contributed by atoms with Gasteiger partial charge in [-0.25, -0.2) is 0 Å². The van der Waals surface area contributed by atoms with Gasteiger partial charge in [-0.05, 0) is 115 Å². The highest BCUT2D eigenvalue weighted by molar-refractivity contribution is 6.12. The number of aromatic nitrogens is 1. The number of rotatable bonds is 5. The fraction of sp³-hybridized carbons (Fsp3) is 0.214. The molecule has 1 aliphatic rings. The number of aryl methyl sites for hydroxylation is 4. The zero-order valence-electron chi connectivity index (χ0n) is 35.9. The Morgan fingerprint density at radius 1 is 0.596 bits per heavy atom. The van der Waals surface area contributed by atoms with E-state index >= 15 is 0 Å². The van der Waals surface area contributed by atoms with Crippen LogP contribution in [-0.2, 0) is 0 Å². The van der Waals surface area contributed by atoms with E-state index in [2.05, 4.69) is 194 Å². The highest BCUT2D eigenvalue weighted by Crippen LogP contribution is 2.33. The fourth-order valence-corrected chi connectivity index (χ4v) is 7.17. The fourth-order valence-electron chi connectivity index (χ4n) is 7.17. The molecule has 1 aromatic heterocycles. The van der Waals surface area contributed by atoms with Gasteiger partial charge in [0.2, 0.25) is 0 Å². The van der Waals surface area contributed by atoms with Crippen LogP contribution >= 0.6 is 0 Å². The van der Waals surface area contributed by atoms with Gasteiger partial charge in [-0.3, -0.25) is 0 Å². The summed E-state index contributed by atoms with van der Waals surface area (Å²) in [5.74, 6) is 1.47. The number of nitrogens with zero attached hydrogens (tertiary/aromatic N) is 1. The maximum Gasteiger partial charge on any atom is 0.0537 e. The molecule has 1 aliphatic carbocycles. The number of fused-ring (bicyclic) bond motifs is 4. The van der Waals surface area contributed by atoms with Crippen molar-refractivity contribution in [3.05, 3.63) is 210 Å². The summed E-state index contributed by atoms with van der Waals surface area (Å²) in [4.78, 5) is 0. The molecule has 0 radical (unpaired) electrons. The summed E-state index contributed by atoms with van der Waals surface area (Å²) in [5, 5.41) is 6.55. The molecule has 0 bridgehead atoms. The molecule has 6 aromatic carbocycles. The molecular formula is C56H63N. The van der Waals surface area contributed by atoms with Crippen LogP contribution in [0.4, 0.5) is 0 Å². The topological polar surface area (TPSA) is 4.93 Å². The molecule has 2 unspecified atom stereocenters. The Bertz CT molecular complexity index is 2450. The Balaban J connectivity index is 0.000000178. The minimum Gasteiger partial charge on any atom is -0.310 e. The van der Waals surface area contributed by atoms with Gasteiger partial charge in [-0.1, -0.05) is 204 Å². The lowest BCUT2D eigenvalue weighted by Crippen LogP contribution is -2.06. The normalized spacial score (nSPS) is 14.2. The second-order valence-electron chi connectivity index (χ2n) is 14.5. The average Bonchev–Trinajstić information content (AvgIpc) is 3.53. The summed E-state index contributed by atoms with van der Waals surface area (Å²) in [6.45, 7) is 27.1. The molecule has 0 amide bonds. The van der Waals surface area contributed by atoms with Crippen molar-refractivity contribution in [2.45, 2.75) is 68.7 Å². The molecule has 1 nitrogen and oxygen atoms in total. The van der Waals surface area contributed by atoms with Crippen molar-refractivity contribution in [1.82, 2.24) is 4.57 Å². The molecule has 1 heterocycles. The third-order valence-corrected chi connectivity index (χ3v) is 10.5. The molecule has 0 saturated carbocycles. The monoisotopic (exact) mass is 749 g/mol.